The fraction of sp³-hybridized carbons (Fsp3) is 0.429. The zero-order valence-electron chi connectivity index (χ0n) is 11.2. The minimum Gasteiger partial charge on any atom is -0.492 e. The van der Waals surface area contributed by atoms with Crippen LogP contribution >= 0.6 is 27.5 Å². The molecule has 7 heteroatoms. The first-order chi connectivity index (χ1) is 9.99. The number of amides is 1. The molecule has 1 saturated heterocycles. The van der Waals surface area contributed by atoms with Gasteiger partial charge in [0.05, 0.1) is 17.5 Å². The molecule has 0 spiro atoms. The monoisotopic (exact) mass is 375 g/mol. The Kier molecular flexibility index (Phi) is 5.47. The van der Waals surface area contributed by atoms with E-state index in [9.17, 15) is 9.59 Å². The summed E-state index contributed by atoms with van der Waals surface area (Å²) in [4.78, 5) is 24.5. The Morgan fingerprint density at radius 3 is 2.90 bits per heavy atom. The summed E-state index contributed by atoms with van der Waals surface area (Å²) in [5.41, 5.74) is 0. The van der Waals surface area contributed by atoms with Gasteiger partial charge in [-0.05, 0) is 47.0 Å². The number of carboxylic acids is 1. The maximum Gasteiger partial charge on any atom is 0.326 e. The van der Waals surface area contributed by atoms with E-state index in [1.54, 1.807) is 18.2 Å². The third-order valence-corrected chi connectivity index (χ3v) is 4.18. The van der Waals surface area contributed by atoms with Crippen molar-refractivity contribution < 1.29 is 19.4 Å². The van der Waals surface area contributed by atoms with Crippen LogP contribution < -0.4 is 4.74 Å². The van der Waals surface area contributed by atoms with Gasteiger partial charge in [-0.15, -0.1) is 0 Å². The molecule has 2 rings (SSSR count). The molecule has 1 fully saturated rings. The molecule has 21 heavy (non-hydrogen) atoms. The summed E-state index contributed by atoms with van der Waals surface area (Å²) >= 11 is 9.16. The van der Waals surface area contributed by atoms with Crippen LogP contribution in [0, 0.1) is 0 Å². The molecule has 0 aliphatic carbocycles. The summed E-state index contributed by atoms with van der Waals surface area (Å²) in [7, 11) is 0. The van der Waals surface area contributed by atoms with Gasteiger partial charge in [0.2, 0.25) is 5.91 Å². The Hall–Kier alpha value is -1.27. The number of halogens is 2. The van der Waals surface area contributed by atoms with Gasteiger partial charge in [0, 0.05) is 11.6 Å². The van der Waals surface area contributed by atoms with Gasteiger partial charge in [0.25, 0.3) is 0 Å². The molecule has 1 aliphatic rings. The lowest BCUT2D eigenvalue weighted by Gasteiger charge is -2.21. The van der Waals surface area contributed by atoms with Gasteiger partial charge in [-0.3, -0.25) is 4.79 Å². The highest BCUT2D eigenvalue weighted by Crippen LogP contribution is 2.28. The van der Waals surface area contributed by atoms with Crippen molar-refractivity contribution in [2.75, 3.05) is 13.2 Å². The molecule has 1 atom stereocenters. The Labute approximate surface area is 136 Å². The molecule has 1 aliphatic heterocycles. The molecule has 0 aromatic heterocycles. The number of benzene rings is 1. The quantitative estimate of drug-likeness (QED) is 0.858. The smallest absolute Gasteiger partial charge is 0.326 e. The van der Waals surface area contributed by atoms with Crippen molar-refractivity contribution in [3.8, 4) is 5.75 Å². The van der Waals surface area contributed by atoms with Crippen molar-refractivity contribution in [3.63, 3.8) is 0 Å². The van der Waals surface area contributed by atoms with E-state index in [2.05, 4.69) is 15.9 Å². The third kappa shape index (κ3) is 4.11. The Balaban J connectivity index is 1.85. The van der Waals surface area contributed by atoms with Crippen molar-refractivity contribution in [3.05, 3.63) is 27.7 Å². The SMILES string of the molecule is O=C(O)[C@H]1CCCN1C(=O)CCOc1ccc(Cl)cc1Br. The Morgan fingerprint density at radius 2 is 2.24 bits per heavy atom. The lowest BCUT2D eigenvalue weighted by atomic mass is 10.2. The summed E-state index contributed by atoms with van der Waals surface area (Å²) in [6.07, 6.45) is 1.40. The summed E-state index contributed by atoms with van der Waals surface area (Å²) < 4.78 is 6.23. The second-order valence-electron chi connectivity index (χ2n) is 4.76. The standard InChI is InChI=1S/C14H15BrClNO4/c15-10-8-9(16)3-4-12(10)21-7-5-13(18)17-6-1-2-11(17)14(19)20/h3-4,8,11H,1-2,5-7H2,(H,19,20)/t11-/m1/s1. The molecule has 114 valence electrons. The highest BCUT2D eigenvalue weighted by atomic mass is 79.9. The average Bonchev–Trinajstić information content (AvgIpc) is 2.90. The number of hydrogen-bond acceptors (Lipinski definition) is 3. The fourth-order valence-electron chi connectivity index (χ4n) is 2.31. The number of carbonyl (C=O) groups excluding carboxylic acids is 1. The van der Waals surface area contributed by atoms with Crippen LogP contribution in [0.4, 0.5) is 0 Å². The van der Waals surface area contributed by atoms with Crippen LogP contribution in [0.5, 0.6) is 5.75 Å². The zero-order chi connectivity index (χ0) is 15.4. The van der Waals surface area contributed by atoms with E-state index >= 15 is 0 Å². The average molecular weight is 377 g/mol. The molecular formula is C14H15BrClNO4. The van der Waals surface area contributed by atoms with E-state index in [1.807, 2.05) is 0 Å². The van der Waals surface area contributed by atoms with Crippen molar-refractivity contribution in [2.45, 2.75) is 25.3 Å². The van der Waals surface area contributed by atoms with Crippen LogP contribution in [0.1, 0.15) is 19.3 Å². The molecule has 1 N–H and O–H groups in total. The first-order valence-corrected chi connectivity index (χ1v) is 7.76. The van der Waals surface area contributed by atoms with Crippen LogP contribution in [0.25, 0.3) is 0 Å². The predicted octanol–water partition coefficient (Wildman–Crippen LogP) is 2.95. The molecule has 0 saturated carbocycles. The molecule has 5 nitrogen and oxygen atoms in total. The molecule has 1 amide bonds. The van der Waals surface area contributed by atoms with Gasteiger partial charge >= 0.3 is 5.97 Å². The number of ether oxygens (including phenoxy) is 1. The van der Waals surface area contributed by atoms with E-state index < -0.39 is 12.0 Å². The molecule has 0 unspecified atom stereocenters. The number of carboxylic acid groups (broad SMARTS) is 1. The van der Waals surface area contributed by atoms with E-state index in [4.69, 9.17) is 21.4 Å². The highest BCUT2D eigenvalue weighted by molar-refractivity contribution is 9.10. The van der Waals surface area contributed by atoms with Crippen molar-refractivity contribution >= 4 is 39.4 Å². The van der Waals surface area contributed by atoms with Crippen molar-refractivity contribution in [1.82, 2.24) is 4.90 Å². The lowest BCUT2D eigenvalue weighted by molar-refractivity contribution is -0.148. The van der Waals surface area contributed by atoms with E-state index in [0.29, 0.717) is 28.2 Å². The second-order valence-corrected chi connectivity index (χ2v) is 6.05. The van der Waals surface area contributed by atoms with Gasteiger partial charge in [-0.1, -0.05) is 11.6 Å². The number of likely N-dealkylation sites (tertiary alicyclic amines) is 1. The van der Waals surface area contributed by atoms with Crippen LogP contribution in [-0.2, 0) is 9.59 Å². The van der Waals surface area contributed by atoms with Crippen LogP contribution in [0.15, 0.2) is 22.7 Å². The van der Waals surface area contributed by atoms with E-state index in [0.717, 1.165) is 6.42 Å². The van der Waals surface area contributed by atoms with Crippen LogP contribution in [0.3, 0.4) is 0 Å². The number of hydrogen-bond donors (Lipinski definition) is 1. The maximum absolute atomic E-state index is 12.0. The summed E-state index contributed by atoms with van der Waals surface area (Å²) in [6.45, 7) is 0.697. The Bertz CT molecular complexity index is 552. The third-order valence-electron chi connectivity index (χ3n) is 3.33. The lowest BCUT2D eigenvalue weighted by Crippen LogP contribution is -2.40. The topological polar surface area (TPSA) is 66.8 Å². The van der Waals surface area contributed by atoms with Crippen LogP contribution in [-0.4, -0.2) is 41.1 Å². The van der Waals surface area contributed by atoms with Gasteiger partial charge in [-0.25, -0.2) is 4.79 Å². The molecule has 0 radical (unpaired) electrons. The van der Waals surface area contributed by atoms with E-state index in [-0.39, 0.29) is 18.9 Å². The first-order valence-electron chi connectivity index (χ1n) is 6.59. The molecule has 1 aromatic rings. The highest BCUT2D eigenvalue weighted by Gasteiger charge is 2.33. The largest absolute Gasteiger partial charge is 0.492 e. The Morgan fingerprint density at radius 1 is 1.48 bits per heavy atom. The first kappa shape index (κ1) is 16.1. The summed E-state index contributed by atoms with van der Waals surface area (Å²) in [5.74, 6) is -0.532. The maximum atomic E-state index is 12.0. The van der Waals surface area contributed by atoms with Gasteiger partial charge in [0.1, 0.15) is 11.8 Å². The minimum absolute atomic E-state index is 0.152. The van der Waals surface area contributed by atoms with Crippen LogP contribution in [0.2, 0.25) is 5.02 Å². The number of carbonyl (C=O) groups is 2. The summed E-state index contributed by atoms with van der Waals surface area (Å²) in [6, 6.07) is 4.43. The number of rotatable bonds is 5. The number of aliphatic carboxylic acids is 1. The van der Waals surface area contributed by atoms with E-state index in [1.165, 1.54) is 4.90 Å². The van der Waals surface area contributed by atoms with Gasteiger partial charge in [-0.2, -0.15) is 0 Å². The predicted molar refractivity (Wildman–Crippen MR) is 81.6 cm³/mol. The second kappa shape index (κ2) is 7.13. The van der Waals surface area contributed by atoms with Gasteiger partial charge in [0.15, 0.2) is 0 Å². The van der Waals surface area contributed by atoms with Crippen molar-refractivity contribution in [1.29, 1.82) is 0 Å². The van der Waals surface area contributed by atoms with Gasteiger partial charge < -0.3 is 14.7 Å². The fourth-order valence-corrected chi connectivity index (χ4v) is 3.10. The molecule has 0 bridgehead atoms. The zero-order valence-corrected chi connectivity index (χ0v) is 13.6. The normalized spacial score (nSPS) is 17.8. The number of nitrogens with zero attached hydrogens (tertiary/aromatic N) is 1. The molecular weight excluding hydrogens is 362 g/mol. The van der Waals surface area contributed by atoms with Crippen molar-refractivity contribution in [2.24, 2.45) is 0 Å². The molecule has 1 heterocycles. The minimum atomic E-state index is -0.942. The summed E-state index contributed by atoms with van der Waals surface area (Å²) in [5, 5.41) is 9.64. The molecule has 1 aromatic carbocycles.